The van der Waals surface area contributed by atoms with E-state index < -0.39 is 0 Å². The molecule has 28 heavy (non-hydrogen) atoms. The number of fused-ring (bicyclic) bond motifs is 2. The molecular formula is C21H27N5OSe. The monoisotopic (exact) mass is 445 g/mol. The van der Waals surface area contributed by atoms with E-state index in [1.807, 2.05) is 12.1 Å². The Hall–Kier alpha value is -2.05. The molecule has 0 fully saturated rings. The Morgan fingerprint density at radius 2 is 2.04 bits per heavy atom. The van der Waals surface area contributed by atoms with Gasteiger partial charge in [-0.25, -0.2) is 0 Å². The quantitative estimate of drug-likeness (QED) is 0.355. The van der Waals surface area contributed by atoms with Crippen LogP contribution in [0.4, 0.5) is 5.69 Å². The predicted molar refractivity (Wildman–Crippen MR) is 117 cm³/mol. The van der Waals surface area contributed by atoms with Gasteiger partial charge in [-0.05, 0) is 0 Å². The Kier molecular flexibility index (Phi) is 5.60. The van der Waals surface area contributed by atoms with E-state index in [2.05, 4.69) is 40.9 Å². The van der Waals surface area contributed by atoms with Crippen LogP contribution in [0, 0.1) is 0 Å². The number of rotatable bonds is 8. The van der Waals surface area contributed by atoms with Crippen LogP contribution in [0.3, 0.4) is 0 Å². The number of likely N-dealkylation sites (N-methyl/N-ethyl adjacent to an activating group) is 1. The fourth-order valence-electron chi connectivity index (χ4n) is 3.73. The van der Waals surface area contributed by atoms with Gasteiger partial charge in [0.05, 0.1) is 0 Å². The molecule has 0 radical (unpaired) electrons. The third kappa shape index (κ3) is 3.40. The molecule has 1 aliphatic heterocycles. The van der Waals surface area contributed by atoms with Gasteiger partial charge in [-0.1, -0.05) is 0 Å². The Bertz CT molecular complexity index is 996. The van der Waals surface area contributed by atoms with E-state index in [1.54, 1.807) is 6.07 Å². The maximum atomic E-state index is 9.99. The van der Waals surface area contributed by atoms with Crippen LogP contribution in [0.25, 0.3) is 22.2 Å². The van der Waals surface area contributed by atoms with Crippen molar-refractivity contribution in [3.63, 3.8) is 0 Å². The number of hydrogen-bond acceptors (Lipinski definition) is 5. The number of benzene rings is 2. The molecule has 0 amide bonds. The van der Waals surface area contributed by atoms with Crippen LogP contribution in [0.2, 0.25) is 0 Å². The van der Waals surface area contributed by atoms with Gasteiger partial charge in [0.15, 0.2) is 0 Å². The van der Waals surface area contributed by atoms with Crippen LogP contribution in [-0.4, -0.2) is 67.5 Å². The van der Waals surface area contributed by atoms with Gasteiger partial charge in [0.25, 0.3) is 0 Å². The molecule has 148 valence electrons. The van der Waals surface area contributed by atoms with Crippen molar-refractivity contribution in [1.82, 2.24) is 14.7 Å². The minimum absolute atomic E-state index is 0.101. The van der Waals surface area contributed by atoms with Crippen LogP contribution in [-0.2, 0) is 6.54 Å². The molecule has 4 N–H and O–H groups in total. The molecule has 2 heterocycles. The molecule has 0 unspecified atom stereocenters. The second kappa shape index (κ2) is 8.13. The van der Waals surface area contributed by atoms with Crippen molar-refractivity contribution < 1.29 is 5.11 Å². The normalized spacial score (nSPS) is 12.6. The second-order valence-corrected chi connectivity index (χ2v) is 9.14. The van der Waals surface area contributed by atoms with Crippen LogP contribution in [0.15, 0.2) is 30.3 Å². The first-order valence-corrected chi connectivity index (χ1v) is 11.6. The summed E-state index contributed by atoms with van der Waals surface area (Å²) < 4.78 is 4.63. The summed E-state index contributed by atoms with van der Waals surface area (Å²) in [4.78, 5) is 2.42. The SMILES string of the molecule is CCN(CC)CCn1nc2c3c(c(NCCN)ccc31)[Se]c1cc(O)ccc1-2. The third-order valence-corrected chi connectivity index (χ3v) is 7.77. The molecule has 1 aromatic heterocycles. The van der Waals surface area contributed by atoms with Crippen LogP contribution in [0.5, 0.6) is 5.75 Å². The molecule has 2 aromatic carbocycles. The zero-order valence-corrected chi connectivity index (χ0v) is 18.1. The first-order valence-electron chi connectivity index (χ1n) is 9.87. The number of hydrogen-bond donors (Lipinski definition) is 3. The minimum atomic E-state index is 0.101. The predicted octanol–water partition coefficient (Wildman–Crippen LogP) is 1.09. The van der Waals surface area contributed by atoms with Crippen LogP contribution < -0.4 is 20.0 Å². The van der Waals surface area contributed by atoms with E-state index in [0.29, 0.717) is 12.3 Å². The van der Waals surface area contributed by atoms with E-state index in [4.69, 9.17) is 10.8 Å². The zero-order valence-electron chi connectivity index (χ0n) is 16.4. The maximum absolute atomic E-state index is 9.99. The first kappa shape index (κ1) is 19.3. The number of aromatic hydroxyl groups is 1. The average Bonchev–Trinajstić information content (AvgIpc) is 3.08. The van der Waals surface area contributed by atoms with Crippen LogP contribution >= 0.6 is 0 Å². The molecule has 1 aliphatic rings. The van der Waals surface area contributed by atoms with Crippen molar-refractivity contribution in [2.75, 3.05) is 38.0 Å². The summed E-state index contributed by atoms with van der Waals surface area (Å²) in [5, 5.41) is 19.7. The zero-order chi connectivity index (χ0) is 19.7. The van der Waals surface area contributed by atoms with E-state index in [9.17, 15) is 5.11 Å². The number of nitrogens with two attached hydrogens (primary N) is 1. The Morgan fingerprint density at radius 1 is 1.21 bits per heavy atom. The van der Waals surface area contributed by atoms with Gasteiger partial charge in [0, 0.05) is 0 Å². The molecule has 6 nitrogen and oxygen atoms in total. The molecule has 3 aromatic rings. The molecule has 0 spiro atoms. The van der Waals surface area contributed by atoms with Gasteiger partial charge in [0.1, 0.15) is 0 Å². The molecular weight excluding hydrogens is 417 g/mol. The van der Waals surface area contributed by atoms with Crippen molar-refractivity contribution in [2.24, 2.45) is 5.73 Å². The van der Waals surface area contributed by atoms with E-state index in [0.717, 1.165) is 49.7 Å². The summed E-state index contributed by atoms with van der Waals surface area (Å²) in [6, 6.07) is 9.99. The standard InChI is InChI=1S/C21H27N5OSe/c1-3-25(4-2)11-12-26-17-8-7-16(23-10-9-22)21-19(17)20(24-26)15-6-5-14(27)13-18(15)28-21/h5-8,13,23,27H,3-4,9-12,22H2,1-2H3. The van der Waals surface area contributed by atoms with Gasteiger partial charge < -0.3 is 0 Å². The molecule has 4 rings (SSSR count). The number of phenolic OH excluding ortho intramolecular Hbond substituents is 1. The van der Waals surface area contributed by atoms with Gasteiger partial charge in [-0.15, -0.1) is 0 Å². The van der Waals surface area contributed by atoms with Crippen molar-refractivity contribution in [3.05, 3.63) is 30.3 Å². The van der Waals surface area contributed by atoms with Crippen molar-refractivity contribution >= 4 is 40.5 Å². The number of nitrogens with zero attached hydrogens (tertiary/aromatic N) is 3. The Balaban J connectivity index is 1.83. The topological polar surface area (TPSA) is 79.3 Å². The summed E-state index contributed by atoms with van der Waals surface area (Å²) in [5.41, 5.74) is 10.2. The van der Waals surface area contributed by atoms with Gasteiger partial charge >= 0.3 is 172 Å². The van der Waals surface area contributed by atoms with Crippen molar-refractivity contribution in [1.29, 1.82) is 0 Å². The molecule has 0 aliphatic carbocycles. The van der Waals surface area contributed by atoms with Gasteiger partial charge in [-0.3, -0.25) is 0 Å². The van der Waals surface area contributed by atoms with Gasteiger partial charge in [0.2, 0.25) is 0 Å². The molecule has 0 saturated carbocycles. The summed E-state index contributed by atoms with van der Waals surface area (Å²) in [6.07, 6.45) is 0. The number of anilines is 1. The number of phenols is 1. The number of aromatic nitrogens is 2. The van der Waals surface area contributed by atoms with E-state index in [-0.39, 0.29) is 15.0 Å². The fraction of sp³-hybridized carbons (Fsp3) is 0.381. The first-order chi connectivity index (χ1) is 13.7. The fourth-order valence-corrected chi connectivity index (χ4v) is 6.30. The molecule has 0 saturated heterocycles. The third-order valence-electron chi connectivity index (χ3n) is 5.29. The summed E-state index contributed by atoms with van der Waals surface area (Å²) >= 11 is 0.101. The summed E-state index contributed by atoms with van der Waals surface area (Å²) in [7, 11) is 0. The Labute approximate surface area is 171 Å². The second-order valence-electron chi connectivity index (χ2n) is 6.93. The van der Waals surface area contributed by atoms with E-state index in [1.165, 1.54) is 19.8 Å². The Morgan fingerprint density at radius 3 is 2.79 bits per heavy atom. The average molecular weight is 444 g/mol. The van der Waals surface area contributed by atoms with Crippen LogP contribution in [0.1, 0.15) is 13.8 Å². The molecule has 0 atom stereocenters. The van der Waals surface area contributed by atoms with Gasteiger partial charge in [-0.2, -0.15) is 0 Å². The van der Waals surface area contributed by atoms with Crippen molar-refractivity contribution in [2.45, 2.75) is 20.4 Å². The summed E-state index contributed by atoms with van der Waals surface area (Å²) in [6.45, 7) is 9.68. The van der Waals surface area contributed by atoms with E-state index >= 15 is 0 Å². The molecule has 7 heteroatoms. The molecule has 0 bridgehead atoms. The summed E-state index contributed by atoms with van der Waals surface area (Å²) in [5.74, 6) is 0.314. The number of nitrogens with one attached hydrogen (secondary N) is 1. The van der Waals surface area contributed by atoms with Crippen molar-refractivity contribution in [3.8, 4) is 17.0 Å².